The lowest BCUT2D eigenvalue weighted by molar-refractivity contribution is 0.0657. The lowest BCUT2D eigenvalue weighted by Crippen LogP contribution is -2.22. The van der Waals surface area contributed by atoms with Crippen LogP contribution in [0.2, 0.25) is 10.0 Å². The van der Waals surface area contributed by atoms with E-state index in [4.69, 9.17) is 27.9 Å². The highest BCUT2D eigenvalue weighted by molar-refractivity contribution is 6.36. The average molecular weight is 383 g/mol. The molecule has 25 heavy (non-hydrogen) atoms. The fraction of sp³-hybridized carbons (Fsp3) is 0.412. The van der Waals surface area contributed by atoms with Gasteiger partial charge in [0.1, 0.15) is 0 Å². The molecule has 1 fully saturated rings. The molecule has 0 atom stereocenters. The maximum Gasteiger partial charge on any atom is 0.323 e. The standard InChI is InChI=1S/C17H20Cl2N4O2/c1-10-7-14(19)15(8-13(10)18)21-17(24)22-16-9-20-23(11(16)2)12-3-5-25-6-4-12/h7-9,12H,3-6H2,1-2H3,(H2,21,22,24). The topological polar surface area (TPSA) is 68.2 Å². The van der Waals surface area contributed by atoms with Gasteiger partial charge in [-0.3, -0.25) is 4.68 Å². The van der Waals surface area contributed by atoms with Crippen molar-refractivity contribution < 1.29 is 9.53 Å². The summed E-state index contributed by atoms with van der Waals surface area (Å²) in [4.78, 5) is 12.3. The van der Waals surface area contributed by atoms with Crippen LogP contribution in [-0.2, 0) is 4.74 Å². The van der Waals surface area contributed by atoms with Crippen molar-refractivity contribution in [2.45, 2.75) is 32.7 Å². The third-order valence-electron chi connectivity index (χ3n) is 4.33. The molecule has 2 amide bonds. The maximum absolute atomic E-state index is 12.3. The Bertz CT molecular complexity index is 785. The first-order chi connectivity index (χ1) is 12.0. The Kier molecular flexibility index (Phi) is 5.51. The van der Waals surface area contributed by atoms with Crippen LogP contribution in [0.15, 0.2) is 18.3 Å². The SMILES string of the molecule is Cc1cc(Cl)c(NC(=O)Nc2cnn(C3CCOCC3)c2C)cc1Cl. The van der Waals surface area contributed by atoms with Crippen molar-refractivity contribution in [2.24, 2.45) is 0 Å². The van der Waals surface area contributed by atoms with Gasteiger partial charge in [-0.1, -0.05) is 23.2 Å². The van der Waals surface area contributed by atoms with Gasteiger partial charge < -0.3 is 15.4 Å². The summed E-state index contributed by atoms with van der Waals surface area (Å²) in [6.07, 6.45) is 3.51. The number of nitrogens with zero attached hydrogens (tertiary/aromatic N) is 2. The molecule has 1 aliphatic rings. The van der Waals surface area contributed by atoms with Crippen LogP contribution in [0.3, 0.4) is 0 Å². The Hall–Kier alpha value is -1.76. The monoisotopic (exact) mass is 382 g/mol. The number of benzene rings is 1. The molecule has 2 N–H and O–H groups in total. The van der Waals surface area contributed by atoms with E-state index >= 15 is 0 Å². The van der Waals surface area contributed by atoms with E-state index in [1.807, 2.05) is 18.5 Å². The summed E-state index contributed by atoms with van der Waals surface area (Å²) in [5.74, 6) is 0. The van der Waals surface area contributed by atoms with Crippen molar-refractivity contribution in [1.29, 1.82) is 0 Å². The number of nitrogens with one attached hydrogen (secondary N) is 2. The summed E-state index contributed by atoms with van der Waals surface area (Å²) in [5.41, 5.74) is 2.89. The summed E-state index contributed by atoms with van der Waals surface area (Å²) in [6, 6.07) is 3.26. The summed E-state index contributed by atoms with van der Waals surface area (Å²) < 4.78 is 7.34. The second-order valence-corrected chi connectivity index (χ2v) is 6.91. The number of urea groups is 1. The first-order valence-electron chi connectivity index (χ1n) is 8.11. The summed E-state index contributed by atoms with van der Waals surface area (Å²) in [6.45, 7) is 5.26. The number of amides is 2. The fourth-order valence-corrected chi connectivity index (χ4v) is 3.29. The van der Waals surface area contributed by atoms with Crippen molar-refractivity contribution in [3.63, 3.8) is 0 Å². The minimum Gasteiger partial charge on any atom is -0.381 e. The maximum atomic E-state index is 12.3. The van der Waals surface area contributed by atoms with E-state index in [1.165, 1.54) is 0 Å². The number of ether oxygens (including phenoxy) is 1. The zero-order chi connectivity index (χ0) is 18.0. The molecule has 134 valence electrons. The van der Waals surface area contributed by atoms with Crippen LogP contribution >= 0.6 is 23.2 Å². The van der Waals surface area contributed by atoms with Gasteiger partial charge in [0.15, 0.2) is 0 Å². The van der Waals surface area contributed by atoms with Crippen LogP contribution < -0.4 is 10.6 Å². The van der Waals surface area contributed by atoms with Gasteiger partial charge in [-0.15, -0.1) is 0 Å². The third kappa shape index (κ3) is 4.08. The summed E-state index contributed by atoms with van der Waals surface area (Å²) in [7, 11) is 0. The van der Waals surface area contributed by atoms with Gasteiger partial charge in [-0.25, -0.2) is 4.79 Å². The molecule has 0 unspecified atom stereocenters. The molecule has 2 heterocycles. The first-order valence-corrected chi connectivity index (χ1v) is 8.87. The molecule has 2 aromatic rings. The lowest BCUT2D eigenvalue weighted by atomic mass is 10.1. The molecular formula is C17H20Cl2N4O2. The second kappa shape index (κ2) is 7.64. The molecule has 6 nitrogen and oxygen atoms in total. The molecule has 3 rings (SSSR count). The Labute approximate surface area is 156 Å². The third-order valence-corrected chi connectivity index (χ3v) is 5.05. The van der Waals surface area contributed by atoms with Gasteiger partial charge >= 0.3 is 6.03 Å². The number of halogens is 2. The molecule has 0 bridgehead atoms. The number of anilines is 2. The van der Waals surface area contributed by atoms with Crippen LogP contribution in [0.4, 0.5) is 16.2 Å². The Morgan fingerprint density at radius 3 is 2.56 bits per heavy atom. The van der Waals surface area contributed by atoms with Crippen LogP contribution in [0.25, 0.3) is 0 Å². The number of rotatable bonds is 3. The molecule has 1 saturated heterocycles. The molecule has 1 aromatic heterocycles. The van der Waals surface area contributed by atoms with Crippen molar-refractivity contribution >= 4 is 40.6 Å². The van der Waals surface area contributed by atoms with Crippen LogP contribution in [0.1, 0.15) is 30.1 Å². The van der Waals surface area contributed by atoms with Crippen molar-refractivity contribution in [1.82, 2.24) is 9.78 Å². The van der Waals surface area contributed by atoms with E-state index in [0.717, 1.165) is 37.3 Å². The molecule has 0 aliphatic carbocycles. The van der Waals surface area contributed by atoms with Gasteiger partial charge in [-0.2, -0.15) is 5.10 Å². The molecule has 0 radical (unpaired) electrons. The normalized spacial score (nSPS) is 15.2. The molecule has 1 aliphatic heterocycles. The predicted molar refractivity (Wildman–Crippen MR) is 99.9 cm³/mol. The van der Waals surface area contributed by atoms with Gasteiger partial charge in [0.05, 0.1) is 34.3 Å². The highest BCUT2D eigenvalue weighted by Crippen LogP contribution is 2.29. The number of carbonyl (C=O) groups excluding carboxylic acids is 1. The second-order valence-electron chi connectivity index (χ2n) is 6.09. The molecule has 0 saturated carbocycles. The molecule has 0 spiro atoms. The van der Waals surface area contributed by atoms with Gasteiger partial charge in [-0.05, 0) is 44.4 Å². The minimum absolute atomic E-state index is 0.303. The molecular weight excluding hydrogens is 363 g/mol. The Balaban J connectivity index is 1.69. The summed E-state index contributed by atoms with van der Waals surface area (Å²) >= 11 is 12.2. The van der Waals surface area contributed by atoms with E-state index in [1.54, 1.807) is 18.3 Å². The van der Waals surface area contributed by atoms with E-state index in [9.17, 15) is 4.79 Å². The molecule has 8 heteroatoms. The highest BCUT2D eigenvalue weighted by Gasteiger charge is 2.20. The van der Waals surface area contributed by atoms with Crippen LogP contribution in [-0.4, -0.2) is 29.0 Å². The smallest absolute Gasteiger partial charge is 0.323 e. The minimum atomic E-state index is -0.392. The van der Waals surface area contributed by atoms with Gasteiger partial charge in [0.2, 0.25) is 0 Å². The number of aromatic nitrogens is 2. The Morgan fingerprint density at radius 2 is 1.84 bits per heavy atom. The largest absolute Gasteiger partial charge is 0.381 e. The van der Waals surface area contributed by atoms with Crippen molar-refractivity contribution in [3.05, 3.63) is 39.6 Å². The number of hydrogen-bond donors (Lipinski definition) is 2. The Morgan fingerprint density at radius 1 is 1.16 bits per heavy atom. The number of aryl methyl sites for hydroxylation is 1. The predicted octanol–water partition coefficient (Wildman–Crippen LogP) is 4.80. The molecule has 1 aromatic carbocycles. The van der Waals surface area contributed by atoms with Crippen LogP contribution in [0, 0.1) is 13.8 Å². The fourth-order valence-electron chi connectivity index (χ4n) is 2.86. The average Bonchev–Trinajstić information content (AvgIpc) is 2.94. The zero-order valence-electron chi connectivity index (χ0n) is 14.1. The van der Waals surface area contributed by atoms with Crippen LogP contribution in [0.5, 0.6) is 0 Å². The van der Waals surface area contributed by atoms with E-state index in [0.29, 0.717) is 27.5 Å². The zero-order valence-corrected chi connectivity index (χ0v) is 15.6. The quantitative estimate of drug-likeness (QED) is 0.800. The van der Waals surface area contributed by atoms with Gasteiger partial charge in [0, 0.05) is 18.2 Å². The number of hydrogen-bond acceptors (Lipinski definition) is 3. The lowest BCUT2D eigenvalue weighted by Gasteiger charge is -2.23. The van der Waals surface area contributed by atoms with Gasteiger partial charge in [0.25, 0.3) is 0 Å². The van der Waals surface area contributed by atoms with E-state index < -0.39 is 6.03 Å². The van der Waals surface area contributed by atoms with Crippen molar-refractivity contribution in [3.8, 4) is 0 Å². The van der Waals surface area contributed by atoms with Crippen molar-refractivity contribution in [2.75, 3.05) is 23.8 Å². The van der Waals surface area contributed by atoms with E-state index in [2.05, 4.69) is 15.7 Å². The van der Waals surface area contributed by atoms with E-state index in [-0.39, 0.29) is 0 Å². The summed E-state index contributed by atoms with van der Waals surface area (Å²) in [5, 5.41) is 10.9. The highest BCUT2D eigenvalue weighted by atomic mass is 35.5. The number of carbonyl (C=O) groups is 1. The first kappa shape index (κ1) is 18.0.